The molecule has 0 radical (unpaired) electrons. The highest BCUT2D eigenvalue weighted by atomic mass is 19.1. The Morgan fingerprint density at radius 2 is 1.39 bits per heavy atom. The van der Waals surface area contributed by atoms with Gasteiger partial charge in [-0.15, -0.1) is 0 Å². The summed E-state index contributed by atoms with van der Waals surface area (Å²) in [6.45, 7) is 11.9. The van der Waals surface area contributed by atoms with Crippen molar-refractivity contribution >= 4 is 17.9 Å². The summed E-state index contributed by atoms with van der Waals surface area (Å²) in [5.74, 6) is -4.38. The largest absolute Gasteiger partial charge is 0.481 e. The Bertz CT molecular complexity index is 1040. The number of carboxylic acid groups (broad SMARTS) is 3. The number of hydrogen-bond donors (Lipinski definition) is 5. The van der Waals surface area contributed by atoms with Crippen LogP contribution in [0.15, 0.2) is 24.3 Å². The minimum atomic E-state index is -2.74. The average molecular weight is 581 g/mol. The summed E-state index contributed by atoms with van der Waals surface area (Å²) in [6, 6.07) is 7.37. The third-order valence-electron chi connectivity index (χ3n) is 8.72. The SMILES string of the molecule is CC1CCN(CC(C)(C)CN2C3CCC2CC(O)(c2ccc(F)cc2)C3)CC1.O=C(O)CC(O)(CC(=O)O)C(=O)O. The van der Waals surface area contributed by atoms with Crippen LogP contribution < -0.4 is 0 Å². The molecule has 5 N–H and O–H groups in total. The molecule has 0 spiro atoms. The first-order valence-corrected chi connectivity index (χ1v) is 14.4. The quantitative estimate of drug-likeness (QED) is 0.278. The Morgan fingerprint density at radius 1 is 0.902 bits per heavy atom. The van der Waals surface area contributed by atoms with Gasteiger partial charge in [0.05, 0.1) is 18.4 Å². The number of carbonyl (C=O) groups is 3. The summed E-state index contributed by atoms with van der Waals surface area (Å²) < 4.78 is 13.3. The number of carboxylic acids is 3. The van der Waals surface area contributed by atoms with Gasteiger partial charge in [0.25, 0.3) is 0 Å². The lowest BCUT2D eigenvalue weighted by Crippen LogP contribution is -2.53. The topological polar surface area (TPSA) is 159 Å². The van der Waals surface area contributed by atoms with E-state index in [4.69, 9.17) is 20.4 Å². The second-order valence-corrected chi connectivity index (χ2v) is 13.1. The summed E-state index contributed by atoms with van der Waals surface area (Å²) in [5.41, 5.74) is -2.40. The molecule has 230 valence electrons. The fraction of sp³-hybridized carbons (Fsp3) is 0.700. The zero-order valence-electron chi connectivity index (χ0n) is 24.3. The molecule has 0 amide bonds. The molecule has 3 heterocycles. The van der Waals surface area contributed by atoms with Crippen molar-refractivity contribution in [1.82, 2.24) is 9.80 Å². The van der Waals surface area contributed by atoms with Crippen molar-refractivity contribution in [1.29, 1.82) is 0 Å². The van der Waals surface area contributed by atoms with Crippen LogP contribution in [0.1, 0.15) is 77.7 Å². The molecule has 1 aromatic carbocycles. The Hall–Kier alpha value is -2.60. The lowest BCUT2D eigenvalue weighted by Gasteiger charge is -2.47. The van der Waals surface area contributed by atoms with Crippen LogP contribution in [-0.4, -0.2) is 97.1 Å². The van der Waals surface area contributed by atoms with Crippen molar-refractivity contribution in [3.8, 4) is 0 Å². The van der Waals surface area contributed by atoms with Crippen LogP contribution in [0.25, 0.3) is 0 Å². The van der Waals surface area contributed by atoms with Gasteiger partial charge in [0, 0.05) is 25.2 Å². The van der Waals surface area contributed by atoms with E-state index in [1.807, 2.05) is 0 Å². The molecule has 2 atom stereocenters. The van der Waals surface area contributed by atoms with Gasteiger partial charge in [0.15, 0.2) is 5.60 Å². The molecule has 11 heteroatoms. The van der Waals surface area contributed by atoms with E-state index in [1.165, 1.54) is 50.9 Å². The number of benzene rings is 1. The summed E-state index contributed by atoms with van der Waals surface area (Å²) in [5, 5.41) is 45.2. The predicted octanol–water partition coefficient (Wildman–Crippen LogP) is 3.15. The molecule has 3 saturated heterocycles. The first kappa shape index (κ1) is 32.9. The fourth-order valence-electron chi connectivity index (χ4n) is 6.65. The zero-order chi connectivity index (χ0) is 30.6. The molecular weight excluding hydrogens is 535 g/mol. The van der Waals surface area contributed by atoms with E-state index in [0.29, 0.717) is 12.1 Å². The zero-order valence-corrected chi connectivity index (χ0v) is 24.3. The third-order valence-corrected chi connectivity index (χ3v) is 8.72. The molecule has 0 aliphatic carbocycles. The Kier molecular flexibility index (Phi) is 10.6. The van der Waals surface area contributed by atoms with Gasteiger partial charge >= 0.3 is 17.9 Å². The number of rotatable bonds is 10. The van der Waals surface area contributed by atoms with Crippen LogP contribution in [0.5, 0.6) is 0 Å². The van der Waals surface area contributed by atoms with Crippen LogP contribution in [0.2, 0.25) is 0 Å². The minimum Gasteiger partial charge on any atom is -0.481 e. The summed E-state index contributed by atoms with van der Waals surface area (Å²) in [4.78, 5) is 35.8. The van der Waals surface area contributed by atoms with Crippen molar-refractivity contribution in [3.05, 3.63) is 35.6 Å². The maximum Gasteiger partial charge on any atom is 0.336 e. The molecule has 4 rings (SSSR count). The van der Waals surface area contributed by atoms with E-state index in [0.717, 1.165) is 37.4 Å². The first-order valence-electron chi connectivity index (χ1n) is 14.4. The molecule has 0 saturated carbocycles. The van der Waals surface area contributed by atoms with Gasteiger partial charge < -0.3 is 30.4 Å². The highest BCUT2D eigenvalue weighted by Crippen LogP contribution is 2.46. The molecule has 2 unspecified atom stereocenters. The number of hydrogen-bond acceptors (Lipinski definition) is 7. The van der Waals surface area contributed by atoms with E-state index < -0.39 is 42.0 Å². The van der Waals surface area contributed by atoms with E-state index in [9.17, 15) is 23.9 Å². The van der Waals surface area contributed by atoms with Gasteiger partial charge in [0.1, 0.15) is 5.82 Å². The third kappa shape index (κ3) is 8.94. The highest BCUT2D eigenvalue weighted by Gasteiger charge is 2.49. The van der Waals surface area contributed by atoms with Gasteiger partial charge in [-0.05, 0) is 80.6 Å². The second kappa shape index (κ2) is 13.1. The molecule has 0 aromatic heterocycles. The smallest absolute Gasteiger partial charge is 0.336 e. The summed E-state index contributed by atoms with van der Waals surface area (Å²) in [7, 11) is 0. The molecular formula is C30H45FN2O8. The van der Waals surface area contributed by atoms with E-state index >= 15 is 0 Å². The number of nitrogens with zero attached hydrogens (tertiary/aromatic N) is 2. The molecule has 41 heavy (non-hydrogen) atoms. The van der Waals surface area contributed by atoms with Crippen molar-refractivity contribution in [2.45, 2.75) is 95.4 Å². The van der Waals surface area contributed by atoms with Gasteiger partial charge in [-0.1, -0.05) is 32.9 Å². The van der Waals surface area contributed by atoms with E-state index in [2.05, 4.69) is 30.6 Å². The van der Waals surface area contributed by atoms with Gasteiger partial charge in [-0.25, -0.2) is 9.18 Å². The summed E-state index contributed by atoms with van der Waals surface area (Å²) >= 11 is 0. The Balaban J connectivity index is 0.000000302. The number of fused-ring (bicyclic) bond motifs is 2. The maximum atomic E-state index is 13.3. The molecule has 3 fully saturated rings. The Labute approximate surface area is 240 Å². The average Bonchev–Trinajstić information content (AvgIpc) is 3.08. The maximum absolute atomic E-state index is 13.3. The molecule has 3 aliphatic rings. The lowest BCUT2D eigenvalue weighted by atomic mass is 9.79. The number of halogens is 1. The molecule has 3 aliphatic heterocycles. The number of piperidine rings is 2. The van der Waals surface area contributed by atoms with Crippen LogP contribution in [-0.2, 0) is 20.0 Å². The van der Waals surface area contributed by atoms with Crippen molar-refractivity contribution < 1.29 is 44.3 Å². The van der Waals surface area contributed by atoms with Gasteiger partial charge in [-0.3, -0.25) is 14.5 Å². The van der Waals surface area contributed by atoms with Gasteiger partial charge in [0.2, 0.25) is 0 Å². The van der Waals surface area contributed by atoms with E-state index in [1.54, 1.807) is 12.1 Å². The second-order valence-electron chi connectivity index (χ2n) is 13.1. The van der Waals surface area contributed by atoms with Crippen LogP contribution in [0.3, 0.4) is 0 Å². The van der Waals surface area contributed by atoms with Crippen molar-refractivity contribution in [2.24, 2.45) is 11.3 Å². The van der Waals surface area contributed by atoms with Crippen molar-refractivity contribution in [2.75, 3.05) is 26.2 Å². The number of aliphatic carboxylic acids is 3. The van der Waals surface area contributed by atoms with E-state index in [-0.39, 0.29) is 11.2 Å². The van der Waals surface area contributed by atoms with Gasteiger partial charge in [-0.2, -0.15) is 0 Å². The fourth-order valence-corrected chi connectivity index (χ4v) is 6.65. The van der Waals surface area contributed by atoms with Crippen LogP contribution in [0, 0.1) is 17.2 Å². The minimum absolute atomic E-state index is 0.235. The monoisotopic (exact) mass is 580 g/mol. The molecule has 2 bridgehead atoms. The Morgan fingerprint density at radius 3 is 1.83 bits per heavy atom. The predicted molar refractivity (Wildman–Crippen MR) is 149 cm³/mol. The normalized spacial score (nSPS) is 25.8. The van der Waals surface area contributed by atoms with Crippen LogP contribution in [0.4, 0.5) is 4.39 Å². The summed E-state index contributed by atoms with van der Waals surface area (Å²) in [6.07, 6.45) is 4.25. The highest BCUT2D eigenvalue weighted by molar-refractivity contribution is 5.88. The first-order chi connectivity index (χ1) is 19.0. The number of aliphatic hydroxyl groups is 2. The standard InChI is InChI=1S/C24H37FN2O.C6H8O7/c1-18-10-12-26(13-11-18)16-23(2,3)17-27-21-8-9-22(27)15-24(28,14-21)19-4-6-20(25)7-5-19;7-3(8)1-6(13,5(11)12)2-4(9)10/h4-7,18,21-22,28H,8-17H2,1-3H3;13H,1-2H2,(H,7,8)(H,9,10)(H,11,12). The molecule has 10 nitrogen and oxygen atoms in total. The van der Waals surface area contributed by atoms with Crippen LogP contribution >= 0.6 is 0 Å². The number of likely N-dealkylation sites (tertiary alicyclic amines) is 1. The molecule has 1 aromatic rings. The lowest BCUT2D eigenvalue weighted by molar-refractivity contribution is -0.170. The van der Waals surface area contributed by atoms with Crippen molar-refractivity contribution in [3.63, 3.8) is 0 Å².